The zero-order valence-corrected chi connectivity index (χ0v) is 20.9. The molecule has 0 aliphatic carbocycles. The highest BCUT2D eigenvalue weighted by Gasteiger charge is 2.76. The van der Waals surface area contributed by atoms with E-state index >= 15 is 0 Å². The number of esters is 1. The molecule has 0 aromatic heterocycles. The minimum absolute atomic E-state index is 0.0105. The lowest BCUT2D eigenvalue weighted by atomic mass is 9.70. The van der Waals surface area contributed by atoms with Gasteiger partial charge in [-0.2, -0.15) is 0 Å². The van der Waals surface area contributed by atoms with Gasteiger partial charge >= 0.3 is 5.97 Å². The van der Waals surface area contributed by atoms with Gasteiger partial charge in [-0.1, -0.05) is 42.1 Å². The van der Waals surface area contributed by atoms with Crippen molar-refractivity contribution in [3.8, 4) is 0 Å². The molecule has 4 unspecified atom stereocenters. The Balaban J connectivity index is 1.88. The topological polar surface area (TPSA) is 105 Å². The Morgan fingerprint density at radius 1 is 1.31 bits per heavy atom. The third kappa shape index (κ3) is 4.57. The van der Waals surface area contributed by atoms with Crippen molar-refractivity contribution in [3.05, 3.63) is 0 Å². The summed E-state index contributed by atoms with van der Waals surface area (Å²) >= 11 is 3.64. The summed E-state index contributed by atoms with van der Waals surface area (Å²) in [5.74, 6) is -2.22. The predicted octanol–water partition coefficient (Wildman–Crippen LogP) is 2.15. The van der Waals surface area contributed by atoms with Crippen LogP contribution in [0.4, 0.5) is 0 Å². The van der Waals surface area contributed by atoms with Crippen LogP contribution in [-0.2, 0) is 23.9 Å². The SMILES string of the molecule is CCCC(C)NC(=O)C1N(CCCCCCO)C(=O)[C@@H]2[C@@H](C(=O)OCC)[C@@H]3OC12CC3Br. The molecule has 7 atom stereocenters. The van der Waals surface area contributed by atoms with Crippen molar-refractivity contribution in [2.75, 3.05) is 19.8 Å². The molecule has 2 bridgehead atoms. The first-order valence-electron chi connectivity index (χ1n) is 12.0. The largest absolute Gasteiger partial charge is 0.466 e. The van der Waals surface area contributed by atoms with E-state index < -0.39 is 35.6 Å². The Labute approximate surface area is 198 Å². The van der Waals surface area contributed by atoms with Crippen LogP contribution in [0.2, 0.25) is 0 Å². The number of hydrogen-bond acceptors (Lipinski definition) is 6. The van der Waals surface area contributed by atoms with Crippen LogP contribution in [-0.4, -0.2) is 76.2 Å². The summed E-state index contributed by atoms with van der Waals surface area (Å²) in [7, 11) is 0. The Kier molecular flexibility index (Phi) is 8.60. The average molecular weight is 517 g/mol. The van der Waals surface area contributed by atoms with Crippen molar-refractivity contribution < 1.29 is 29.0 Å². The van der Waals surface area contributed by atoms with Gasteiger partial charge in [0.2, 0.25) is 11.8 Å². The number of alkyl halides is 1. The maximum Gasteiger partial charge on any atom is 0.312 e. The number of unbranched alkanes of at least 4 members (excludes halogenated alkanes) is 3. The molecule has 3 aliphatic heterocycles. The number of carbonyl (C=O) groups is 3. The van der Waals surface area contributed by atoms with Gasteiger partial charge in [0.25, 0.3) is 0 Å². The number of rotatable bonds is 12. The summed E-state index contributed by atoms with van der Waals surface area (Å²) in [6.07, 6.45) is 5.00. The van der Waals surface area contributed by atoms with Crippen molar-refractivity contribution in [2.45, 2.75) is 94.3 Å². The van der Waals surface area contributed by atoms with E-state index in [0.717, 1.165) is 38.5 Å². The number of hydrogen-bond donors (Lipinski definition) is 2. The molecule has 9 heteroatoms. The zero-order valence-electron chi connectivity index (χ0n) is 19.3. The van der Waals surface area contributed by atoms with Gasteiger partial charge in [0.05, 0.1) is 24.5 Å². The molecule has 3 heterocycles. The average Bonchev–Trinajstić information content (AvgIpc) is 3.32. The molecule has 8 nitrogen and oxygen atoms in total. The quantitative estimate of drug-likeness (QED) is 0.234. The molecular formula is C23H37BrN2O6. The van der Waals surface area contributed by atoms with Crippen LogP contribution in [0.25, 0.3) is 0 Å². The maximum absolute atomic E-state index is 13.6. The number of halogens is 1. The molecule has 2 amide bonds. The van der Waals surface area contributed by atoms with E-state index in [0.29, 0.717) is 13.0 Å². The first-order valence-corrected chi connectivity index (χ1v) is 12.9. The lowest BCUT2D eigenvalue weighted by Crippen LogP contribution is -2.57. The number of amides is 2. The summed E-state index contributed by atoms with van der Waals surface area (Å²) in [4.78, 5) is 41.5. The molecule has 32 heavy (non-hydrogen) atoms. The number of carbonyl (C=O) groups excluding carboxylic acids is 3. The second-order valence-corrected chi connectivity index (χ2v) is 10.5. The van der Waals surface area contributed by atoms with Crippen molar-refractivity contribution >= 4 is 33.7 Å². The minimum atomic E-state index is -1.02. The fourth-order valence-corrected chi connectivity index (χ4v) is 6.70. The number of likely N-dealkylation sites (tertiary alicyclic amines) is 1. The van der Waals surface area contributed by atoms with Crippen LogP contribution in [0, 0.1) is 11.8 Å². The number of ether oxygens (including phenoxy) is 2. The van der Waals surface area contributed by atoms with Gasteiger partial charge in [-0.15, -0.1) is 0 Å². The van der Waals surface area contributed by atoms with E-state index in [2.05, 4.69) is 28.2 Å². The molecule has 0 aromatic rings. The van der Waals surface area contributed by atoms with E-state index in [9.17, 15) is 14.4 Å². The lowest BCUT2D eigenvalue weighted by molar-refractivity contribution is -0.154. The summed E-state index contributed by atoms with van der Waals surface area (Å²) < 4.78 is 11.7. The molecule has 2 N–H and O–H groups in total. The predicted molar refractivity (Wildman–Crippen MR) is 122 cm³/mol. The highest BCUT2D eigenvalue weighted by atomic mass is 79.9. The zero-order chi connectivity index (χ0) is 23.5. The summed E-state index contributed by atoms with van der Waals surface area (Å²) in [5.41, 5.74) is -1.02. The van der Waals surface area contributed by atoms with Crippen molar-refractivity contribution in [2.24, 2.45) is 11.8 Å². The molecular weight excluding hydrogens is 480 g/mol. The smallest absolute Gasteiger partial charge is 0.312 e. The highest BCUT2D eigenvalue weighted by molar-refractivity contribution is 9.09. The highest BCUT2D eigenvalue weighted by Crippen LogP contribution is 2.60. The van der Waals surface area contributed by atoms with Gasteiger partial charge in [0, 0.05) is 24.0 Å². The molecule has 3 rings (SSSR count). The van der Waals surface area contributed by atoms with Gasteiger partial charge in [-0.05, 0) is 39.5 Å². The summed E-state index contributed by atoms with van der Waals surface area (Å²) in [5, 5.41) is 12.1. The Bertz CT molecular complexity index is 706. The van der Waals surface area contributed by atoms with E-state index in [4.69, 9.17) is 14.6 Å². The molecule has 3 aliphatic rings. The van der Waals surface area contributed by atoms with E-state index in [1.54, 1.807) is 11.8 Å². The lowest BCUT2D eigenvalue weighted by Gasteiger charge is -2.34. The third-order valence-electron chi connectivity index (χ3n) is 7.01. The number of nitrogens with zero attached hydrogens (tertiary/aromatic N) is 1. The number of aliphatic hydroxyl groups is 1. The summed E-state index contributed by atoms with van der Waals surface area (Å²) in [6, 6.07) is -0.773. The third-order valence-corrected chi connectivity index (χ3v) is 7.86. The van der Waals surface area contributed by atoms with Gasteiger partial charge in [0.15, 0.2) is 0 Å². The fourth-order valence-electron chi connectivity index (χ4n) is 5.75. The van der Waals surface area contributed by atoms with Crippen LogP contribution >= 0.6 is 15.9 Å². The van der Waals surface area contributed by atoms with Gasteiger partial charge < -0.3 is 24.8 Å². The maximum atomic E-state index is 13.6. The number of nitrogens with one attached hydrogen (secondary N) is 1. The monoisotopic (exact) mass is 516 g/mol. The van der Waals surface area contributed by atoms with E-state index in [-0.39, 0.29) is 35.9 Å². The minimum Gasteiger partial charge on any atom is -0.466 e. The second kappa shape index (κ2) is 10.8. The molecule has 182 valence electrons. The van der Waals surface area contributed by atoms with Crippen LogP contribution in [0.5, 0.6) is 0 Å². The van der Waals surface area contributed by atoms with Crippen molar-refractivity contribution in [3.63, 3.8) is 0 Å². The van der Waals surface area contributed by atoms with Crippen LogP contribution in [0.15, 0.2) is 0 Å². The second-order valence-electron chi connectivity index (χ2n) is 9.28. The Morgan fingerprint density at radius 2 is 2.03 bits per heavy atom. The Hall–Kier alpha value is -1.19. The Morgan fingerprint density at radius 3 is 2.69 bits per heavy atom. The first kappa shape index (κ1) is 25.4. The van der Waals surface area contributed by atoms with Gasteiger partial charge in [-0.3, -0.25) is 14.4 Å². The normalized spacial score (nSPS) is 34.0. The molecule has 3 saturated heterocycles. The fraction of sp³-hybridized carbons (Fsp3) is 0.870. The van der Waals surface area contributed by atoms with Crippen molar-refractivity contribution in [1.29, 1.82) is 0 Å². The number of aliphatic hydroxyl groups excluding tert-OH is 1. The summed E-state index contributed by atoms with van der Waals surface area (Å²) in [6.45, 7) is 6.59. The number of fused-ring (bicyclic) bond motifs is 1. The van der Waals surface area contributed by atoms with Gasteiger partial charge in [0.1, 0.15) is 11.6 Å². The standard InChI is InChI=1S/C23H37BrN2O6/c1-4-10-14(3)25-20(28)19-23-13-15(24)18(32-23)16(22(30)31-5-2)17(23)21(29)26(19)11-8-6-7-9-12-27/h14-19,27H,4-13H2,1-3H3,(H,25,28)/t14?,15?,16-,17+,18-,19?,23?/m1/s1. The molecule has 0 aromatic carbocycles. The van der Waals surface area contributed by atoms with E-state index in [1.165, 1.54) is 0 Å². The van der Waals surface area contributed by atoms with Crippen LogP contribution < -0.4 is 5.32 Å². The first-order chi connectivity index (χ1) is 15.3. The molecule has 3 fully saturated rings. The molecule has 0 saturated carbocycles. The van der Waals surface area contributed by atoms with Gasteiger partial charge in [-0.25, -0.2) is 0 Å². The van der Waals surface area contributed by atoms with Crippen LogP contribution in [0.3, 0.4) is 0 Å². The van der Waals surface area contributed by atoms with E-state index in [1.807, 2.05) is 6.92 Å². The molecule has 0 radical (unpaired) electrons. The molecule has 1 spiro atoms. The van der Waals surface area contributed by atoms with Crippen molar-refractivity contribution in [1.82, 2.24) is 10.2 Å². The van der Waals surface area contributed by atoms with Crippen LogP contribution in [0.1, 0.15) is 65.7 Å².